The number of H-pyrrole nitrogens is 1. The van der Waals surface area contributed by atoms with Crippen molar-refractivity contribution in [3.05, 3.63) is 30.5 Å². The van der Waals surface area contributed by atoms with Gasteiger partial charge in [0.1, 0.15) is 12.6 Å². The van der Waals surface area contributed by atoms with E-state index in [4.69, 9.17) is 4.42 Å². The SMILES string of the molecule is O=C(Nc1ncn[nH]1)C1CCCN(C(=O)c2ccoc2)C1. The molecule has 3 rings (SSSR count). The summed E-state index contributed by atoms with van der Waals surface area (Å²) in [5, 5.41) is 8.91. The number of nitrogens with zero attached hydrogens (tertiary/aromatic N) is 3. The fraction of sp³-hybridized carbons (Fsp3) is 0.385. The highest BCUT2D eigenvalue weighted by atomic mass is 16.3. The second kappa shape index (κ2) is 5.78. The van der Waals surface area contributed by atoms with Crippen molar-refractivity contribution in [3.63, 3.8) is 0 Å². The van der Waals surface area contributed by atoms with Gasteiger partial charge in [-0.2, -0.15) is 10.1 Å². The Labute approximate surface area is 120 Å². The molecule has 2 aromatic rings. The Hall–Kier alpha value is -2.64. The van der Waals surface area contributed by atoms with Gasteiger partial charge in [0.2, 0.25) is 11.9 Å². The summed E-state index contributed by atoms with van der Waals surface area (Å²) in [4.78, 5) is 30.0. The summed E-state index contributed by atoms with van der Waals surface area (Å²) in [6, 6.07) is 1.63. The minimum Gasteiger partial charge on any atom is -0.472 e. The van der Waals surface area contributed by atoms with Crippen LogP contribution >= 0.6 is 0 Å². The smallest absolute Gasteiger partial charge is 0.257 e. The highest BCUT2D eigenvalue weighted by Crippen LogP contribution is 2.20. The quantitative estimate of drug-likeness (QED) is 0.873. The average molecular weight is 289 g/mol. The van der Waals surface area contributed by atoms with Gasteiger partial charge >= 0.3 is 0 Å². The molecule has 8 heteroatoms. The number of amides is 2. The number of aromatic amines is 1. The first kappa shape index (κ1) is 13.3. The Bertz CT molecular complexity index is 608. The molecule has 2 amide bonds. The number of nitrogens with one attached hydrogen (secondary N) is 2. The number of carbonyl (C=O) groups excluding carboxylic acids is 2. The third-order valence-electron chi connectivity index (χ3n) is 3.50. The maximum Gasteiger partial charge on any atom is 0.257 e. The van der Waals surface area contributed by atoms with Gasteiger partial charge in [-0.25, -0.2) is 5.10 Å². The molecule has 3 heterocycles. The Kier molecular flexibility index (Phi) is 3.67. The van der Waals surface area contributed by atoms with Crippen LogP contribution < -0.4 is 5.32 Å². The van der Waals surface area contributed by atoms with E-state index < -0.39 is 0 Å². The van der Waals surface area contributed by atoms with Crippen LogP contribution in [0.5, 0.6) is 0 Å². The van der Waals surface area contributed by atoms with Gasteiger partial charge in [0.25, 0.3) is 5.91 Å². The van der Waals surface area contributed by atoms with Crippen molar-refractivity contribution in [2.75, 3.05) is 18.4 Å². The van der Waals surface area contributed by atoms with E-state index >= 15 is 0 Å². The first-order valence-corrected chi connectivity index (χ1v) is 6.72. The van der Waals surface area contributed by atoms with E-state index in [0.29, 0.717) is 24.6 Å². The molecule has 1 saturated heterocycles. The van der Waals surface area contributed by atoms with Gasteiger partial charge in [-0.05, 0) is 18.9 Å². The molecule has 0 aliphatic carbocycles. The van der Waals surface area contributed by atoms with Crippen molar-refractivity contribution in [1.29, 1.82) is 0 Å². The summed E-state index contributed by atoms with van der Waals surface area (Å²) in [5.41, 5.74) is 0.506. The molecule has 1 aliphatic heterocycles. The van der Waals surface area contributed by atoms with Gasteiger partial charge in [-0.3, -0.25) is 14.9 Å². The van der Waals surface area contributed by atoms with Crippen molar-refractivity contribution < 1.29 is 14.0 Å². The molecule has 1 unspecified atom stereocenters. The lowest BCUT2D eigenvalue weighted by atomic mass is 9.96. The van der Waals surface area contributed by atoms with E-state index in [1.165, 1.54) is 18.9 Å². The molecule has 2 N–H and O–H groups in total. The monoisotopic (exact) mass is 289 g/mol. The third kappa shape index (κ3) is 2.93. The molecule has 1 aliphatic rings. The molecule has 0 bridgehead atoms. The number of carbonyl (C=O) groups is 2. The van der Waals surface area contributed by atoms with Crippen molar-refractivity contribution in [1.82, 2.24) is 20.1 Å². The molecule has 1 atom stereocenters. The van der Waals surface area contributed by atoms with Crippen LogP contribution in [0.25, 0.3) is 0 Å². The minimum absolute atomic E-state index is 0.110. The summed E-state index contributed by atoms with van der Waals surface area (Å²) in [5.74, 6) is -0.199. The summed E-state index contributed by atoms with van der Waals surface area (Å²) < 4.78 is 4.92. The number of aromatic nitrogens is 3. The number of hydrogen-bond donors (Lipinski definition) is 2. The molecule has 0 saturated carbocycles. The van der Waals surface area contributed by atoms with E-state index in [-0.39, 0.29) is 17.7 Å². The van der Waals surface area contributed by atoms with Gasteiger partial charge in [0.15, 0.2) is 0 Å². The van der Waals surface area contributed by atoms with Crippen LogP contribution in [0, 0.1) is 5.92 Å². The number of likely N-dealkylation sites (tertiary alicyclic amines) is 1. The zero-order valence-electron chi connectivity index (χ0n) is 11.3. The Morgan fingerprint density at radius 3 is 3.10 bits per heavy atom. The van der Waals surface area contributed by atoms with E-state index in [1.54, 1.807) is 11.0 Å². The standard InChI is InChI=1S/C13H15N5O3/c19-11(16-13-14-8-15-17-13)9-2-1-4-18(6-9)12(20)10-3-5-21-7-10/h3,5,7-9H,1-2,4,6H2,(H2,14,15,16,17,19). The normalized spacial score (nSPS) is 18.5. The molecule has 0 radical (unpaired) electrons. The maximum atomic E-state index is 12.3. The second-order valence-electron chi connectivity index (χ2n) is 4.93. The zero-order chi connectivity index (χ0) is 14.7. The molecule has 21 heavy (non-hydrogen) atoms. The number of hydrogen-bond acceptors (Lipinski definition) is 5. The molecule has 2 aromatic heterocycles. The lowest BCUT2D eigenvalue weighted by molar-refractivity contribution is -0.121. The average Bonchev–Trinajstić information content (AvgIpc) is 3.20. The van der Waals surface area contributed by atoms with Crippen molar-refractivity contribution >= 4 is 17.8 Å². The Balaban J connectivity index is 1.63. The fourth-order valence-electron chi connectivity index (χ4n) is 2.43. The first-order valence-electron chi connectivity index (χ1n) is 6.72. The van der Waals surface area contributed by atoms with Crippen molar-refractivity contribution in [2.24, 2.45) is 5.92 Å². The second-order valence-corrected chi connectivity index (χ2v) is 4.93. The van der Waals surface area contributed by atoms with Crippen LogP contribution in [0.1, 0.15) is 23.2 Å². The predicted molar refractivity (Wildman–Crippen MR) is 72.3 cm³/mol. The molecule has 0 aromatic carbocycles. The Morgan fingerprint density at radius 2 is 2.38 bits per heavy atom. The van der Waals surface area contributed by atoms with Crippen molar-refractivity contribution in [3.8, 4) is 0 Å². The van der Waals surface area contributed by atoms with Crippen LogP contribution in [0.2, 0.25) is 0 Å². The van der Waals surface area contributed by atoms with E-state index in [2.05, 4.69) is 20.5 Å². The molecular weight excluding hydrogens is 274 g/mol. The predicted octanol–water partition coefficient (Wildman–Crippen LogP) is 0.889. The van der Waals surface area contributed by atoms with E-state index in [1.807, 2.05) is 0 Å². The molecule has 1 fully saturated rings. The lowest BCUT2D eigenvalue weighted by Gasteiger charge is -2.31. The van der Waals surface area contributed by atoms with Crippen LogP contribution in [-0.4, -0.2) is 45.0 Å². The van der Waals surface area contributed by atoms with Gasteiger partial charge in [-0.15, -0.1) is 0 Å². The Morgan fingerprint density at radius 1 is 1.48 bits per heavy atom. The summed E-state index contributed by atoms with van der Waals surface area (Å²) in [6.07, 6.45) is 5.74. The van der Waals surface area contributed by atoms with Crippen molar-refractivity contribution in [2.45, 2.75) is 12.8 Å². The first-order chi connectivity index (χ1) is 10.2. The van der Waals surface area contributed by atoms with Gasteiger partial charge in [-0.1, -0.05) is 0 Å². The molecule has 0 spiro atoms. The van der Waals surface area contributed by atoms with Gasteiger partial charge < -0.3 is 9.32 Å². The maximum absolute atomic E-state index is 12.3. The molecule has 110 valence electrons. The summed E-state index contributed by atoms with van der Waals surface area (Å²) in [6.45, 7) is 1.04. The topological polar surface area (TPSA) is 104 Å². The zero-order valence-corrected chi connectivity index (χ0v) is 11.3. The third-order valence-corrected chi connectivity index (χ3v) is 3.50. The number of furan rings is 1. The summed E-state index contributed by atoms with van der Waals surface area (Å²) in [7, 11) is 0. The lowest BCUT2D eigenvalue weighted by Crippen LogP contribution is -2.43. The number of anilines is 1. The van der Waals surface area contributed by atoms with Gasteiger partial charge in [0, 0.05) is 13.1 Å². The molecule has 8 nitrogen and oxygen atoms in total. The minimum atomic E-state index is -0.250. The van der Waals surface area contributed by atoms with Crippen LogP contribution in [0.3, 0.4) is 0 Å². The largest absolute Gasteiger partial charge is 0.472 e. The number of piperidine rings is 1. The fourth-order valence-corrected chi connectivity index (χ4v) is 2.43. The highest BCUT2D eigenvalue weighted by Gasteiger charge is 2.29. The molecular formula is C13H15N5O3. The highest BCUT2D eigenvalue weighted by molar-refractivity contribution is 5.95. The number of rotatable bonds is 3. The van der Waals surface area contributed by atoms with E-state index in [9.17, 15) is 9.59 Å². The summed E-state index contributed by atoms with van der Waals surface area (Å²) >= 11 is 0. The van der Waals surface area contributed by atoms with Crippen LogP contribution in [-0.2, 0) is 4.79 Å². The van der Waals surface area contributed by atoms with Crippen LogP contribution in [0.15, 0.2) is 29.3 Å². The van der Waals surface area contributed by atoms with E-state index in [0.717, 1.165) is 12.8 Å². The van der Waals surface area contributed by atoms with Gasteiger partial charge in [0.05, 0.1) is 17.7 Å². The van der Waals surface area contributed by atoms with Crippen LogP contribution in [0.4, 0.5) is 5.95 Å².